The van der Waals surface area contributed by atoms with Crippen LogP contribution in [0.15, 0.2) is 121 Å². The minimum absolute atomic E-state index is 0. The number of aliphatic hydroxyl groups is 2. The minimum Gasteiger partial charge on any atom is -0.508 e. The summed E-state index contributed by atoms with van der Waals surface area (Å²) in [6.45, 7) is 0. The van der Waals surface area contributed by atoms with Gasteiger partial charge in [0.15, 0.2) is 57.6 Å². The molecule has 4 rings (SSSR count). The van der Waals surface area contributed by atoms with Crippen molar-refractivity contribution in [3.8, 4) is 46.0 Å². The Labute approximate surface area is 355 Å². The van der Waals surface area contributed by atoms with E-state index in [4.69, 9.17) is 37.9 Å². The molecule has 12 nitrogen and oxygen atoms in total. The molecule has 0 unspecified atom stereocenters. The molecule has 0 fully saturated rings. The molecule has 2 N–H and O–H groups in total. The Morgan fingerprint density at radius 1 is 0.373 bits per heavy atom. The van der Waals surface area contributed by atoms with Gasteiger partial charge in [-0.25, -0.2) is 0 Å². The zero-order valence-electron chi connectivity index (χ0n) is 34.0. The van der Waals surface area contributed by atoms with Crippen LogP contribution in [0.4, 0.5) is 0 Å². The number of carbonyl (C=O) groups excluding carboxylic acids is 2. The Morgan fingerprint density at radius 2 is 0.593 bits per heavy atom. The Hall–Kier alpha value is -6.82. The molecule has 0 bridgehead atoms. The van der Waals surface area contributed by atoms with Crippen molar-refractivity contribution in [1.29, 1.82) is 0 Å². The van der Waals surface area contributed by atoms with Gasteiger partial charge in [-0.2, -0.15) is 0 Å². The summed E-state index contributed by atoms with van der Waals surface area (Å²) in [5.41, 5.74) is 3.11. The molecule has 0 atom stereocenters. The second-order valence-electron chi connectivity index (χ2n) is 11.7. The minimum atomic E-state index is -0.353. The maximum atomic E-state index is 12.1. The summed E-state index contributed by atoms with van der Waals surface area (Å²) < 4.78 is 41.7. The average molecular weight is 856 g/mol. The molecule has 0 saturated carbocycles. The third-order valence-electron chi connectivity index (χ3n) is 7.98. The van der Waals surface area contributed by atoms with Crippen LogP contribution in [0.3, 0.4) is 0 Å². The normalized spacial score (nSPS) is 11.5. The summed E-state index contributed by atoms with van der Waals surface area (Å²) in [4.78, 5) is 24.1. The summed E-state index contributed by atoms with van der Waals surface area (Å²) in [5.74, 6) is 3.69. The predicted octanol–water partition coefficient (Wildman–Crippen LogP) is 8.91. The van der Waals surface area contributed by atoms with E-state index in [2.05, 4.69) is 0 Å². The van der Waals surface area contributed by atoms with Crippen molar-refractivity contribution in [2.24, 2.45) is 0 Å². The van der Waals surface area contributed by atoms with Gasteiger partial charge in [-0.05, 0) is 95.1 Å². The summed E-state index contributed by atoms with van der Waals surface area (Å²) in [6.07, 6.45) is 14.5. The number of hydrogen-bond acceptors (Lipinski definition) is 12. The van der Waals surface area contributed by atoms with Crippen molar-refractivity contribution < 1.29 is 74.8 Å². The van der Waals surface area contributed by atoms with Crippen LogP contribution in [0, 0.1) is 0 Å². The second-order valence-corrected chi connectivity index (χ2v) is 11.7. The molecule has 0 amide bonds. The van der Waals surface area contributed by atoms with Gasteiger partial charge in [0.25, 0.3) is 0 Å². The quantitative estimate of drug-likeness (QED) is 0.0426. The summed E-state index contributed by atoms with van der Waals surface area (Å²) in [7, 11) is 12.4. The molecule has 59 heavy (non-hydrogen) atoms. The largest absolute Gasteiger partial charge is 0.508 e. The summed E-state index contributed by atoms with van der Waals surface area (Å²) >= 11 is 0. The topological polar surface area (TPSA) is 148 Å². The van der Waals surface area contributed by atoms with Gasteiger partial charge >= 0.3 is 0 Å². The molecule has 4 aromatic rings. The molecule has 13 heteroatoms. The van der Waals surface area contributed by atoms with Crippen molar-refractivity contribution in [2.45, 2.75) is 0 Å². The third kappa shape index (κ3) is 15.6. The third-order valence-corrected chi connectivity index (χ3v) is 7.98. The molecular formula is C46H48CuO12. The van der Waals surface area contributed by atoms with E-state index in [0.29, 0.717) is 46.0 Å². The van der Waals surface area contributed by atoms with Crippen molar-refractivity contribution in [3.05, 3.63) is 143 Å². The number of carbonyl (C=O) groups is 2. The number of rotatable bonds is 18. The van der Waals surface area contributed by atoms with Crippen LogP contribution in [0.5, 0.6) is 46.0 Å². The fraction of sp³-hybridized carbons (Fsp3) is 0.174. The first kappa shape index (κ1) is 48.3. The van der Waals surface area contributed by atoms with E-state index in [-0.39, 0.29) is 40.2 Å². The van der Waals surface area contributed by atoms with Crippen LogP contribution in [-0.2, 0) is 26.7 Å². The molecule has 315 valence electrons. The van der Waals surface area contributed by atoms with Crippen molar-refractivity contribution in [3.63, 3.8) is 0 Å². The number of ether oxygens (including phenoxy) is 8. The first-order chi connectivity index (χ1) is 28.0. The van der Waals surface area contributed by atoms with Gasteiger partial charge in [0.1, 0.15) is 11.5 Å². The second kappa shape index (κ2) is 25.4. The van der Waals surface area contributed by atoms with Crippen LogP contribution < -0.4 is 37.9 Å². The van der Waals surface area contributed by atoms with E-state index in [0.717, 1.165) is 34.4 Å². The van der Waals surface area contributed by atoms with Crippen molar-refractivity contribution >= 4 is 35.9 Å². The van der Waals surface area contributed by atoms with Gasteiger partial charge in [-0.15, -0.1) is 0 Å². The number of allylic oxidation sites excluding steroid dienone is 6. The van der Waals surface area contributed by atoms with Crippen LogP contribution >= 0.6 is 0 Å². The van der Waals surface area contributed by atoms with Crippen molar-refractivity contribution in [1.82, 2.24) is 0 Å². The molecule has 0 aromatic heterocycles. The SMILES string of the molecule is COc1ccc(/C=C/C(=O)/C=C(O)/C=C/c2ccc(OC)c(OC)c2)cc1OC.COc1ccc(/C=C/C(=O)/C=C(O)/C=C/c2ccc(OC)c(OC)c2)cc1OC.[Cu]. The first-order valence-corrected chi connectivity index (χ1v) is 17.5. The molecule has 0 aliphatic heterocycles. The Morgan fingerprint density at radius 3 is 0.814 bits per heavy atom. The Kier molecular flexibility index (Phi) is 20.8. The van der Waals surface area contributed by atoms with Crippen molar-refractivity contribution in [2.75, 3.05) is 56.9 Å². The number of benzene rings is 4. The standard InChI is InChI=1S/2C23H24O6.Cu/c2*1-26-20-11-7-16(13-22(20)28-3)5-9-18(24)15-19(25)10-6-17-8-12-21(27-2)23(14-17)29-4;/h2*5-15,24H,1-4H3;/b2*9-5+,10-6+,18-15-;. The molecule has 0 heterocycles. The molecular weight excluding hydrogens is 808 g/mol. The molecule has 0 spiro atoms. The molecule has 0 saturated heterocycles. The zero-order chi connectivity index (χ0) is 42.5. The Balaban J connectivity index is 0.000000400. The van der Waals surface area contributed by atoms with Crippen LogP contribution in [0.2, 0.25) is 0 Å². The number of hydrogen-bond donors (Lipinski definition) is 2. The molecule has 0 aliphatic carbocycles. The van der Waals surface area contributed by atoms with E-state index < -0.39 is 0 Å². The van der Waals surface area contributed by atoms with Gasteiger partial charge in [-0.1, -0.05) is 48.6 Å². The molecule has 0 aliphatic rings. The fourth-order valence-electron chi connectivity index (χ4n) is 5.03. The van der Waals surface area contributed by atoms with E-state index >= 15 is 0 Å². The summed E-state index contributed by atoms with van der Waals surface area (Å²) in [5, 5.41) is 20.0. The molecule has 4 aromatic carbocycles. The predicted molar refractivity (Wildman–Crippen MR) is 226 cm³/mol. The zero-order valence-corrected chi connectivity index (χ0v) is 34.9. The monoisotopic (exact) mass is 855 g/mol. The van der Waals surface area contributed by atoms with Crippen LogP contribution in [-0.4, -0.2) is 78.7 Å². The van der Waals surface area contributed by atoms with Crippen LogP contribution in [0.25, 0.3) is 24.3 Å². The maximum Gasteiger partial charge on any atom is 0.182 e. The van der Waals surface area contributed by atoms with Crippen LogP contribution in [0.1, 0.15) is 22.3 Å². The van der Waals surface area contributed by atoms with E-state index in [1.54, 1.807) is 142 Å². The number of aliphatic hydroxyl groups excluding tert-OH is 2. The van der Waals surface area contributed by atoms with E-state index in [1.165, 1.54) is 24.3 Å². The average Bonchev–Trinajstić information content (AvgIpc) is 3.25. The van der Waals surface area contributed by atoms with E-state index in [9.17, 15) is 19.8 Å². The van der Waals surface area contributed by atoms with E-state index in [1.807, 2.05) is 12.1 Å². The number of ketones is 2. The number of methoxy groups -OCH3 is 8. The first-order valence-electron chi connectivity index (χ1n) is 17.5. The van der Waals surface area contributed by atoms with Gasteiger partial charge < -0.3 is 48.1 Å². The Bertz CT molecular complexity index is 2040. The van der Waals surface area contributed by atoms with Gasteiger partial charge in [-0.3, -0.25) is 9.59 Å². The maximum absolute atomic E-state index is 12.1. The van der Waals surface area contributed by atoms with Gasteiger partial charge in [0.05, 0.1) is 56.9 Å². The summed E-state index contributed by atoms with van der Waals surface area (Å²) in [6, 6.07) is 21.3. The fourth-order valence-corrected chi connectivity index (χ4v) is 5.03. The van der Waals surface area contributed by atoms with Gasteiger partial charge in [0.2, 0.25) is 0 Å². The smallest absolute Gasteiger partial charge is 0.182 e. The van der Waals surface area contributed by atoms with Gasteiger partial charge in [0, 0.05) is 29.2 Å². The molecule has 1 radical (unpaired) electrons.